The summed E-state index contributed by atoms with van der Waals surface area (Å²) >= 11 is 5.96. The Morgan fingerprint density at radius 3 is 3.06 bits per heavy atom. The molecule has 3 N–H and O–H groups in total. The van der Waals surface area contributed by atoms with Gasteiger partial charge in [0.15, 0.2) is 0 Å². The lowest BCUT2D eigenvalue weighted by molar-refractivity contribution is 0.0534. The monoisotopic (exact) mass is 238 g/mol. The minimum Gasteiger partial charge on any atom is -0.387 e. The molecular weight excluding hydrogens is 224 g/mol. The molecule has 2 heterocycles. The van der Waals surface area contributed by atoms with Crippen LogP contribution in [0.1, 0.15) is 23.7 Å². The highest BCUT2D eigenvalue weighted by Gasteiger charge is 2.39. The standard InChI is InChI=1S/C12H15ClN2O/c13-8-2-1-7-5-15-6-9(14)4-11(15)12(16)10(7)3-8/h1-3,9,11-12,16H,4-6,14H2. The van der Waals surface area contributed by atoms with Crippen molar-refractivity contribution >= 4 is 11.6 Å². The van der Waals surface area contributed by atoms with Crippen molar-refractivity contribution in [3.63, 3.8) is 0 Å². The first-order valence-corrected chi connectivity index (χ1v) is 5.99. The molecule has 3 atom stereocenters. The summed E-state index contributed by atoms with van der Waals surface area (Å²) in [6, 6.07) is 6.11. The SMILES string of the molecule is NC1CC2C(O)c3cc(Cl)ccc3CN2C1. The van der Waals surface area contributed by atoms with Gasteiger partial charge in [-0.05, 0) is 29.7 Å². The van der Waals surface area contributed by atoms with E-state index in [0.29, 0.717) is 5.02 Å². The maximum Gasteiger partial charge on any atom is 0.0949 e. The van der Waals surface area contributed by atoms with Crippen LogP contribution in [-0.4, -0.2) is 28.6 Å². The van der Waals surface area contributed by atoms with Crippen molar-refractivity contribution in [2.24, 2.45) is 5.73 Å². The Labute approximate surface area is 99.8 Å². The van der Waals surface area contributed by atoms with Crippen LogP contribution in [0.25, 0.3) is 0 Å². The normalized spacial score (nSPS) is 33.6. The van der Waals surface area contributed by atoms with E-state index in [1.54, 1.807) is 0 Å². The molecule has 0 aliphatic carbocycles. The first-order valence-electron chi connectivity index (χ1n) is 5.61. The first-order chi connectivity index (χ1) is 7.65. The molecule has 1 aromatic rings. The number of nitrogens with zero attached hydrogens (tertiary/aromatic N) is 1. The van der Waals surface area contributed by atoms with E-state index in [4.69, 9.17) is 17.3 Å². The minimum absolute atomic E-state index is 0.168. The van der Waals surface area contributed by atoms with E-state index in [-0.39, 0.29) is 12.1 Å². The van der Waals surface area contributed by atoms with Crippen LogP contribution in [0.4, 0.5) is 0 Å². The van der Waals surface area contributed by atoms with Gasteiger partial charge in [0.25, 0.3) is 0 Å². The van der Waals surface area contributed by atoms with E-state index in [1.807, 2.05) is 18.2 Å². The lowest BCUT2D eigenvalue weighted by Crippen LogP contribution is -2.38. The quantitative estimate of drug-likeness (QED) is 0.716. The van der Waals surface area contributed by atoms with Crippen molar-refractivity contribution in [3.05, 3.63) is 34.3 Å². The van der Waals surface area contributed by atoms with Gasteiger partial charge in [-0.15, -0.1) is 0 Å². The van der Waals surface area contributed by atoms with Crippen molar-refractivity contribution in [2.75, 3.05) is 6.54 Å². The predicted molar refractivity (Wildman–Crippen MR) is 63.2 cm³/mol. The third-order valence-corrected chi connectivity index (χ3v) is 3.88. The Balaban J connectivity index is 2.00. The Morgan fingerprint density at radius 1 is 1.44 bits per heavy atom. The molecule has 0 saturated carbocycles. The Hall–Kier alpha value is -0.610. The smallest absolute Gasteiger partial charge is 0.0949 e. The van der Waals surface area contributed by atoms with Gasteiger partial charge in [0.2, 0.25) is 0 Å². The van der Waals surface area contributed by atoms with Crippen molar-refractivity contribution < 1.29 is 5.11 Å². The molecule has 4 heteroatoms. The molecule has 86 valence electrons. The van der Waals surface area contributed by atoms with Crippen molar-refractivity contribution in [1.82, 2.24) is 4.90 Å². The topological polar surface area (TPSA) is 49.5 Å². The molecule has 3 rings (SSSR count). The number of benzene rings is 1. The Morgan fingerprint density at radius 2 is 2.25 bits per heavy atom. The minimum atomic E-state index is -0.448. The lowest BCUT2D eigenvalue weighted by atomic mass is 9.91. The van der Waals surface area contributed by atoms with Crippen molar-refractivity contribution in [3.8, 4) is 0 Å². The van der Waals surface area contributed by atoms with Crippen LogP contribution in [0.15, 0.2) is 18.2 Å². The number of rotatable bonds is 0. The maximum absolute atomic E-state index is 10.3. The number of hydrogen-bond acceptors (Lipinski definition) is 3. The molecule has 3 unspecified atom stereocenters. The summed E-state index contributed by atoms with van der Waals surface area (Å²) in [6.07, 6.45) is 0.420. The summed E-state index contributed by atoms with van der Waals surface area (Å²) in [5, 5.41) is 11.0. The fraction of sp³-hybridized carbons (Fsp3) is 0.500. The molecule has 1 fully saturated rings. The van der Waals surface area contributed by atoms with Crippen LogP contribution in [0.2, 0.25) is 5.02 Å². The van der Waals surface area contributed by atoms with Crippen LogP contribution in [0.3, 0.4) is 0 Å². The van der Waals surface area contributed by atoms with Crippen molar-refractivity contribution in [2.45, 2.75) is 31.2 Å². The molecule has 0 radical (unpaired) electrons. The summed E-state index contributed by atoms with van der Waals surface area (Å²) in [7, 11) is 0. The van der Waals surface area contributed by atoms with E-state index in [2.05, 4.69) is 4.90 Å². The van der Waals surface area contributed by atoms with Gasteiger partial charge < -0.3 is 10.8 Å². The second-order valence-electron chi connectivity index (χ2n) is 4.78. The average molecular weight is 239 g/mol. The second-order valence-corrected chi connectivity index (χ2v) is 5.22. The number of nitrogens with two attached hydrogens (primary N) is 1. The van der Waals surface area contributed by atoms with Gasteiger partial charge >= 0.3 is 0 Å². The number of aliphatic hydroxyl groups is 1. The molecule has 0 bridgehead atoms. The summed E-state index contributed by atoms with van der Waals surface area (Å²) < 4.78 is 0. The summed E-state index contributed by atoms with van der Waals surface area (Å²) in [4.78, 5) is 2.27. The molecule has 3 nitrogen and oxygen atoms in total. The largest absolute Gasteiger partial charge is 0.387 e. The number of hydrogen-bond donors (Lipinski definition) is 2. The molecule has 2 aliphatic rings. The Bertz CT molecular complexity index is 423. The third kappa shape index (κ3) is 1.55. The number of halogens is 1. The van der Waals surface area contributed by atoms with Gasteiger partial charge in [-0.3, -0.25) is 4.90 Å². The van der Waals surface area contributed by atoms with E-state index in [1.165, 1.54) is 5.56 Å². The molecule has 1 aromatic carbocycles. The van der Waals surface area contributed by atoms with Gasteiger partial charge in [-0.1, -0.05) is 17.7 Å². The van der Waals surface area contributed by atoms with E-state index < -0.39 is 6.10 Å². The summed E-state index contributed by atoms with van der Waals surface area (Å²) in [5.41, 5.74) is 8.09. The van der Waals surface area contributed by atoms with Crippen molar-refractivity contribution in [1.29, 1.82) is 0 Å². The second kappa shape index (κ2) is 3.70. The predicted octanol–water partition coefficient (Wildman–Crippen LogP) is 1.29. The first kappa shape index (κ1) is 10.5. The molecular formula is C12H15ClN2O. The molecule has 0 amide bonds. The van der Waals surface area contributed by atoms with E-state index >= 15 is 0 Å². The molecule has 16 heavy (non-hydrogen) atoms. The third-order valence-electron chi connectivity index (χ3n) is 3.65. The highest BCUT2D eigenvalue weighted by atomic mass is 35.5. The summed E-state index contributed by atoms with van der Waals surface area (Å²) in [6.45, 7) is 1.76. The highest BCUT2D eigenvalue weighted by molar-refractivity contribution is 6.30. The van der Waals surface area contributed by atoms with Gasteiger partial charge in [0, 0.05) is 30.2 Å². The van der Waals surface area contributed by atoms with Crippen LogP contribution in [0.5, 0.6) is 0 Å². The van der Waals surface area contributed by atoms with Gasteiger partial charge in [0.1, 0.15) is 0 Å². The molecule has 0 spiro atoms. The van der Waals surface area contributed by atoms with Gasteiger partial charge in [-0.25, -0.2) is 0 Å². The van der Waals surface area contributed by atoms with Gasteiger partial charge in [-0.2, -0.15) is 0 Å². The van der Waals surface area contributed by atoms with Gasteiger partial charge in [0.05, 0.1) is 6.10 Å². The van der Waals surface area contributed by atoms with E-state index in [9.17, 15) is 5.11 Å². The highest BCUT2D eigenvalue weighted by Crippen LogP contribution is 2.37. The number of fused-ring (bicyclic) bond motifs is 2. The average Bonchev–Trinajstić information content (AvgIpc) is 2.61. The number of aliphatic hydroxyl groups excluding tert-OH is 1. The van der Waals surface area contributed by atoms with Crippen LogP contribution in [0, 0.1) is 0 Å². The van der Waals surface area contributed by atoms with Crippen LogP contribution in [-0.2, 0) is 6.54 Å². The van der Waals surface area contributed by atoms with E-state index in [0.717, 1.165) is 25.1 Å². The fourth-order valence-electron chi connectivity index (χ4n) is 2.89. The van der Waals surface area contributed by atoms with Crippen LogP contribution < -0.4 is 5.73 Å². The van der Waals surface area contributed by atoms with Crippen LogP contribution >= 0.6 is 11.6 Å². The molecule has 1 saturated heterocycles. The zero-order chi connectivity index (χ0) is 11.3. The zero-order valence-corrected chi connectivity index (χ0v) is 9.69. The summed E-state index contributed by atoms with van der Waals surface area (Å²) in [5.74, 6) is 0. The molecule has 0 aromatic heterocycles. The molecule has 2 aliphatic heterocycles. The fourth-order valence-corrected chi connectivity index (χ4v) is 3.07. The Kier molecular flexibility index (Phi) is 2.44. The maximum atomic E-state index is 10.3. The lowest BCUT2D eigenvalue weighted by Gasteiger charge is -2.35. The zero-order valence-electron chi connectivity index (χ0n) is 8.94.